The van der Waals surface area contributed by atoms with Crippen LogP contribution in [0.15, 0.2) is 53.1 Å². The third kappa shape index (κ3) is 4.26. The fraction of sp³-hybridized carbons (Fsp3) is 0.250. The molecule has 0 saturated carbocycles. The molecule has 0 fully saturated rings. The Hall–Kier alpha value is -2.31. The minimum Gasteiger partial charge on any atom is -0.493 e. The van der Waals surface area contributed by atoms with Gasteiger partial charge in [-0.05, 0) is 52.2 Å². The van der Waals surface area contributed by atoms with Gasteiger partial charge in [-0.15, -0.1) is 0 Å². The van der Waals surface area contributed by atoms with Gasteiger partial charge in [-0.3, -0.25) is 4.79 Å². The van der Waals surface area contributed by atoms with Crippen LogP contribution in [-0.2, 0) is 17.8 Å². The van der Waals surface area contributed by atoms with Gasteiger partial charge in [0.15, 0.2) is 0 Å². The molecule has 1 atom stereocenters. The number of hydrogen-bond acceptors (Lipinski definition) is 3. The van der Waals surface area contributed by atoms with Crippen LogP contribution in [-0.4, -0.2) is 28.7 Å². The largest absolute Gasteiger partial charge is 0.493 e. The summed E-state index contributed by atoms with van der Waals surface area (Å²) < 4.78 is 6.36. The topological polar surface area (TPSA) is 74.3 Å². The maximum Gasteiger partial charge on any atom is 0.321 e. The summed E-state index contributed by atoms with van der Waals surface area (Å²) in [5.41, 5.74) is 3.00. The first kappa shape index (κ1) is 18.5. The van der Waals surface area contributed by atoms with E-state index < -0.39 is 12.0 Å². The Morgan fingerprint density at radius 3 is 2.85 bits per heavy atom. The third-order valence-electron chi connectivity index (χ3n) is 4.25. The van der Waals surface area contributed by atoms with Crippen LogP contribution in [0, 0.1) is 0 Å². The maximum atomic E-state index is 11.7. The van der Waals surface area contributed by atoms with Crippen LogP contribution in [0.4, 0.5) is 0 Å². The highest BCUT2D eigenvalue weighted by Crippen LogP contribution is 2.26. The van der Waals surface area contributed by atoms with Crippen LogP contribution in [0.2, 0.25) is 0 Å². The Bertz CT molecular complexity index is 907. The predicted octanol–water partition coefficient (Wildman–Crippen LogP) is 4.11. The van der Waals surface area contributed by atoms with E-state index in [1.165, 1.54) is 0 Å². The number of benzene rings is 2. The highest BCUT2D eigenvalue weighted by Gasteiger charge is 2.19. The van der Waals surface area contributed by atoms with Gasteiger partial charge in [-0.2, -0.15) is 0 Å². The van der Waals surface area contributed by atoms with Crippen LogP contribution in [0.3, 0.4) is 0 Å². The quantitative estimate of drug-likeness (QED) is 0.516. The first-order chi connectivity index (χ1) is 12.6. The molecule has 0 aliphatic heterocycles. The number of aromatic nitrogens is 1. The molecule has 0 amide bonds. The minimum atomic E-state index is -0.861. The van der Waals surface area contributed by atoms with Gasteiger partial charge >= 0.3 is 5.97 Å². The number of fused-ring (bicyclic) bond motifs is 1. The predicted molar refractivity (Wildman–Crippen MR) is 106 cm³/mol. The monoisotopic (exact) mass is 416 g/mol. The SMILES string of the molecule is CCOc1ccc(CN[C@@H](Cc2c[nH]c3ccccc23)C(=O)O)cc1Br. The van der Waals surface area contributed by atoms with E-state index in [9.17, 15) is 9.90 Å². The molecule has 3 N–H and O–H groups in total. The second-order valence-corrected chi connectivity index (χ2v) is 6.89. The van der Waals surface area contributed by atoms with Crippen LogP contribution < -0.4 is 10.1 Å². The summed E-state index contributed by atoms with van der Waals surface area (Å²) in [6.45, 7) is 3.00. The first-order valence-corrected chi connectivity index (χ1v) is 9.30. The fourth-order valence-corrected chi connectivity index (χ4v) is 3.48. The number of rotatable bonds is 8. The lowest BCUT2D eigenvalue weighted by Crippen LogP contribution is -2.38. The number of carboxylic acid groups (broad SMARTS) is 1. The van der Waals surface area contributed by atoms with Gasteiger partial charge in [0.2, 0.25) is 0 Å². The Morgan fingerprint density at radius 1 is 1.31 bits per heavy atom. The van der Waals surface area contributed by atoms with E-state index in [0.29, 0.717) is 19.6 Å². The molecule has 0 spiro atoms. The normalized spacial score (nSPS) is 12.2. The molecule has 1 aromatic heterocycles. The van der Waals surface area contributed by atoms with E-state index in [4.69, 9.17) is 4.74 Å². The number of carbonyl (C=O) groups is 1. The number of halogens is 1. The van der Waals surface area contributed by atoms with Crippen LogP contribution in [0.25, 0.3) is 10.9 Å². The Labute approximate surface area is 160 Å². The van der Waals surface area contributed by atoms with Crippen LogP contribution in [0.1, 0.15) is 18.1 Å². The Balaban J connectivity index is 1.69. The number of H-pyrrole nitrogens is 1. The van der Waals surface area contributed by atoms with Crippen molar-refractivity contribution in [2.24, 2.45) is 0 Å². The highest BCUT2D eigenvalue weighted by atomic mass is 79.9. The third-order valence-corrected chi connectivity index (χ3v) is 4.87. The zero-order valence-electron chi connectivity index (χ0n) is 14.5. The number of carboxylic acids is 1. The summed E-state index contributed by atoms with van der Waals surface area (Å²) in [6, 6.07) is 13.0. The number of para-hydroxylation sites is 1. The number of aliphatic carboxylic acids is 1. The molecule has 0 aliphatic rings. The molecule has 136 valence electrons. The van der Waals surface area contributed by atoms with E-state index in [-0.39, 0.29) is 0 Å². The molecule has 2 aromatic carbocycles. The zero-order chi connectivity index (χ0) is 18.5. The van der Waals surface area contributed by atoms with Gasteiger partial charge in [0.05, 0.1) is 11.1 Å². The van der Waals surface area contributed by atoms with Gasteiger partial charge in [-0.25, -0.2) is 0 Å². The molecule has 0 bridgehead atoms. The molecule has 0 unspecified atom stereocenters. The lowest BCUT2D eigenvalue weighted by Gasteiger charge is -2.15. The van der Waals surface area contributed by atoms with Crippen molar-refractivity contribution in [2.45, 2.75) is 25.9 Å². The van der Waals surface area contributed by atoms with Crippen molar-refractivity contribution in [1.29, 1.82) is 0 Å². The lowest BCUT2D eigenvalue weighted by atomic mass is 10.0. The van der Waals surface area contributed by atoms with E-state index in [1.54, 1.807) is 0 Å². The van der Waals surface area contributed by atoms with Gasteiger partial charge in [-0.1, -0.05) is 24.3 Å². The van der Waals surface area contributed by atoms with Gasteiger partial charge < -0.3 is 20.1 Å². The minimum absolute atomic E-state index is 0.414. The van der Waals surface area contributed by atoms with Gasteiger partial charge in [0.1, 0.15) is 11.8 Å². The van der Waals surface area contributed by atoms with Crippen LogP contribution >= 0.6 is 15.9 Å². The first-order valence-electron chi connectivity index (χ1n) is 8.51. The van der Waals surface area contributed by atoms with Crippen molar-refractivity contribution < 1.29 is 14.6 Å². The molecule has 3 aromatic rings. The summed E-state index contributed by atoms with van der Waals surface area (Å²) in [7, 11) is 0. The van der Waals surface area contributed by atoms with Crippen molar-refractivity contribution in [2.75, 3.05) is 6.61 Å². The number of ether oxygens (including phenoxy) is 1. The second-order valence-electron chi connectivity index (χ2n) is 6.03. The maximum absolute atomic E-state index is 11.7. The Kier molecular flexibility index (Phi) is 5.96. The van der Waals surface area contributed by atoms with Gasteiger partial charge in [0.25, 0.3) is 0 Å². The molecule has 0 saturated heterocycles. The van der Waals surface area contributed by atoms with Crippen molar-refractivity contribution in [3.8, 4) is 5.75 Å². The van der Waals surface area contributed by atoms with E-state index in [0.717, 1.165) is 32.3 Å². The summed E-state index contributed by atoms with van der Waals surface area (Å²) in [6.07, 6.45) is 2.30. The fourth-order valence-electron chi connectivity index (χ4n) is 2.94. The van der Waals surface area contributed by atoms with E-state index >= 15 is 0 Å². The summed E-state index contributed by atoms with van der Waals surface area (Å²) in [5.74, 6) is -0.0786. The number of aromatic amines is 1. The van der Waals surface area contributed by atoms with E-state index in [2.05, 4.69) is 26.2 Å². The number of nitrogens with one attached hydrogen (secondary N) is 2. The molecule has 6 heteroatoms. The molecule has 5 nitrogen and oxygen atoms in total. The molecule has 0 radical (unpaired) electrons. The van der Waals surface area contributed by atoms with Crippen molar-refractivity contribution >= 4 is 32.8 Å². The summed E-state index contributed by atoms with van der Waals surface area (Å²) in [4.78, 5) is 14.9. The standard InChI is InChI=1S/C20H21BrN2O3/c1-2-26-19-8-7-13(9-16(19)21)11-22-18(20(24)25)10-14-12-23-17-6-4-3-5-15(14)17/h3-9,12,18,22-23H,2,10-11H2,1H3,(H,24,25)/t18-/m0/s1. The van der Waals surface area contributed by atoms with Crippen molar-refractivity contribution in [3.05, 3.63) is 64.3 Å². The lowest BCUT2D eigenvalue weighted by molar-refractivity contribution is -0.139. The highest BCUT2D eigenvalue weighted by molar-refractivity contribution is 9.10. The second kappa shape index (κ2) is 8.38. The van der Waals surface area contributed by atoms with Crippen molar-refractivity contribution in [3.63, 3.8) is 0 Å². The molecular formula is C20H21BrN2O3. The average Bonchev–Trinajstić information content (AvgIpc) is 3.03. The molecule has 3 rings (SSSR count). The van der Waals surface area contributed by atoms with E-state index in [1.807, 2.05) is 55.6 Å². The smallest absolute Gasteiger partial charge is 0.321 e. The molecule has 0 aliphatic carbocycles. The number of hydrogen-bond donors (Lipinski definition) is 3. The van der Waals surface area contributed by atoms with Crippen LogP contribution in [0.5, 0.6) is 5.75 Å². The van der Waals surface area contributed by atoms with Crippen molar-refractivity contribution in [1.82, 2.24) is 10.3 Å². The van der Waals surface area contributed by atoms with Gasteiger partial charge in [0, 0.05) is 30.1 Å². The molecular weight excluding hydrogens is 396 g/mol. The molecule has 26 heavy (non-hydrogen) atoms. The average molecular weight is 417 g/mol. The zero-order valence-corrected chi connectivity index (χ0v) is 16.0. The Morgan fingerprint density at radius 2 is 2.12 bits per heavy atom. The summed E-state index contributed by atoms with van der Waals surface area (Å²) >= 11 is 3.49. The summed E-state index contributed by atoms with van der Waals surface area (Å²) in [5, 5.41) is 13.8. The molecule has 1 heterocycles.